The fraction of sp³-hybridized carbons (Fsp3) is 0.500. The number of thiazole rings is 1. The number of morpholine rings is 1. The zero-order valence-electron chi connectivity index (χ0n) is 14.5. The van der Waals surface area contributed by atoms with Crippen molar-refractivity contribution in [3.8, 4) is 0 Å². The maximum Gasteiger partial charge on any atom is 0.242 e. The largest absolute Gasteiger partial charge is 0.379 e. The Morgan fingerprint density at radius 1 is 1.44 bits per heavy atom. The van der Waals surface area contributed by atoms with E-state index in [9.17, 15) is 4.79 Å². The van der Waals surface area contributed by atoms with Crippen LogP contribution in [-0.4, -0.2) is 47.1 Å². The molecular formula is C18H24N4O2S. The standard InChI is InChI=1S/C18H24N4O2S/c1-2-4-16-21-15(13-25-16)12-20-18(23)17(14-5-3-6-19-11-14)22-7-9-24-10-8-22/h3,5-6,11,13,17H,2,4,7-10,12H2,1H3,(H,20,23). The predicted octanol–water partition coefficient (Wildman–Crippen LogP) is 2.18. The SMILES string of the molecule is CCCc1nc(CNC(=O)C(c2cccnc2)N2CCOCC2)cs1. The van der Waals surface area contributed by atoms with Gasteiger partial charge < -0.3 is 10.1 Å². The van der Waals surface area contributed by atoms with Crippen LogP contribution in [0.3, 0.4) is 0 Å². The van der Waals surface area contributed by atoms with Crippen LogP contribution < -0.4 is 5.32 Å². The Labute approximate surface area is 152 Å². The lowest BCUT2D eigenvalue weighted by molar-refractivity contribution is -0.128. The molecule has 134 valence electrons. The molecule has 0 aromatic carbocycles. The highest BCUT2D eigenvalue weighted by Crippen LogP contribution is 2.21. The Morgan fingerprint density at radius 3 is 3.00 bits per heavy atom. The number of carbonyl (C=O) groups is 1. The van der Waals surface area contributed by atoms with Gasteiger partial charge >= 0.3 is 0 Å². The minimum Gasteiger partial charge on any atom is -0.379 e. The van der Waals surface area contributed by atoms with E-state index in [1.165, 1.54) is 0 Å². The van der Waals surface area contributed by atoms with E-state index in [1.807, 2.05) is 17.5 Å². The first-order valence-electron chi connectivity index (χ1n) is 8.70. The molecule has 0 radical (unpaired) electrons. The maximum absolute atomic E-state index is 12.9. The minimum absolute atomic E-state index is 0.0139. The molecule has 3 rings (SSSR count). The van der Waals surface area contributed by atoms with E-state index >= 15 is 0 Å². The predicted molar refractivity (Wildman–Crippen MR) is 97.3 cm³/mol. The normalized spacial score (nSPS) is 16.5. The molecule has 0 bridgehead atoms. The Hall–Kier alpha value is -1.83. The van der Waals surface area contributed by atoms with Crippen LogP contribution in [0, 0.1) is 0 Å². The van der Waals surface area contributed by atoms with E-state index in [0.717, 1.165) is 42.2 Å². The number of aryl methyl sites for hydroxylation is 1. The van der Waals surface area contributed by atoms with Crippen LogP contribution in [0.15, 0.2) is 29.9 Å². The first-order valence-corrected chi connectivity index (χ1v) is 9.58. The van der Waals surface area contributed by atoms with E-state index in [0.29, 0.717) is 19.8 Å². The summed E-state index contributed by atoms with van der Waals surface area (Å²) in [4.78, 5) is 23.8. The highest BCUT2D eigenvalue weighted by molar-refractivity contribution is 7.09. The Kier molecular flexibility index (Phi) is 6.49. The van der Waals surface area contributed by atoms with Crippen molar-refractivity contribution in [2.45, 2.75) is 32.4 Å². The molecule has 1 aliphatic rings. The minimum atomic E-state index is -0.341. The highest BCUT2D eigenvalue weighted by Gasteiger charge is 2.29. The van der Waals surface area contributed by atoms with Crippen LogP contribution in [0.2, 0.25) is 0 Å². The third-order valence-electron chi connectivity index (χ3n) is 4.17. The third-order valence-corrected chi connectivity index (χ3v) is 5.12. The molecule has 1 N–H and O–H groups in total. The zero-order valence-corrected chi connectivity index (χ0v) is 15.3. The van der Waals surface area contributed by atoms with Crippen molar-refractivity contribution in [1.29, 1.82) is 0 Å². The molecule has 25 heavy (non-hydrogen) atoms. The van der Waals surface area contributed by atoms with E-state index in [2.05, 4.69) is 27.1 Å². The number of pyridine rings is 1. The number of nitrogens with one attached hydrogen (secondary N) is 1. The summed E-state index contributed by atoms with van der Waals surface area (Å²) in [5, 5.41) is 6.20. The number of nitrogens with zero attached hydrogens (tertiary/aromatic N) is 3. The van der Waals surface area contributed by atoms with Gasteiger partial charge in [-0.1, -0.05) is 13.0 Å². The fourth-order valence-electron chi connectivity index (χ4n) is 2.93. The molecule has 1 atom stereocenters. The molecule has 0 spiro atoms. The number of carbonyl (C=O) groups excluding carboxylic acids is 1. The molecule has 0 aliphatic carbocycles. The lowest BCUT2D eigenvalue weighted by atomic mass is 10.1. The lowest BCUT2D eigenvalue weighted by Crippen LogP contribution is -2.45. The van der Waals surface area contributed by atoms with Crippen LogP contribution in [0.5, 0.6) is 0 Å². The van der Waals surface area contributed by atoms with Crippen LogP contribution in [0.1, 0.15) is 35.7 Å². The van der Waals surface area contributed by atoms with Gasteiger partial charge in [0.1, 0.15) is 6.04 Å². The number of ether oxygens (including phenoxy) is 1. The number of hydrogen-bond acceptors (Lipinski definition) is 6. The molecular weight excluding hydrogens is 336 g/mol. The Morgan fingerprint density at radius 2 is 2.28 bits per heavy atom. The summed E-state index contributed by atoms with van der Waals surface area (Å²) >= 11 is 1.66. The molecule has 1 unspecified atom stereocenters. The third kappa shape index (κ3) is 4.84. The molecule has 1 saturated heterocycles. The van der Waals surface area contributed by atoms with Gasteiger partial charge in [0.15, 0.2) is 0 Å². The molecule has 0 saturated carbocycles. The molecule has 1 fully saturated rings. The van der Waals surface area contributed by atoms with Crippen molar-refractivity contribution in [3.05, 3.63) is 46.2 Å². The number of amides is 1. The van der Waals surface area contributed by atoms with Gasteiger partial charge in [-0.15, -0.1) is 11.3 Å². The Bertz CT molecular complexity index is 671. The van der Waals surface area contributed by atoms with Crippen molar-refractivity contribution in [2.24, 2.45) is 0 Å². The van der Waals surface area contributed by atoms with Crippen LogP contribution in [0.25, 0.3) is 0 Å². The van der Waals surface area contributed by atoms with Crippen LogP contribution in [-0.2, 0) is 22.5 Å². The lowest BCUT2D eigenvalue weighted by Gasteiger charge is -2.33. The second-order valence-corrected chi connectivity index (χ2v) is 6.98. The molecule has 2 aromatic heterocycles. The van der Waals surface area contributed by atoms with Gasteiger partial charge in [0, 0.05) is 30.9 Å². The van der Waals surface area contributed by atoms with Gasteiger partial charge in [0.25, 0.3) is 0 Å². The van der Waals surface area contributed by atoms with E-state index in [-0.39, 0.29) is 11.9 Å². The van der Waals surface area contributed by atoms with E-state index < -0.39 is 0 Å². The summed E-state index contributed by atoms with van der Waals surface area (Å²) in [6.07, 6.45) is 5.56. The molecule has 6 nitrogen and oxygen atoms in total. The summed E-state index contributed by atoms with van der Waals surface area (Å²) in [6.45, 7) is 5.38. The summed E-state index contributed by atoms with van der Waals surface area (Å²) in [6, 6.07) is 3.48. The number of hydrogen-bond donors (Lipinski definition) is 1. The number of rotatable bonds is 7. The van der Waals surface area contributed by atoms with Crippen molar-refractivity contribution < 1.29 is 9.53 Å². The van der Waals surface area contributed by atoms with Crippen molar-refractivity contribution in [3.63, 3.8) is 0 Å². The first kappa shape index (κ1) is 18.0. The van der Waals surface area contributed by atoms with Gasteiger partial charge in [-0.3, -0.25) is 14.7 Å². The van der Waals surface area contributed by atoms with Gasteiger partial charge in [-0.2, -0.15) is 0 Å². The maximum atomic E-state index is 12.9. The van der Waals surface area contributed by atoms with E-state index in [4.69, 9.17) is 4.74 Å². The van der Waals surface area contributed by atoms with Crippen molar-refractivity contribution >= 4 is 17.2 Å². The smallest absolute Gasteiger partial charge is 0.242 e. The van der Waals surface area contributed by atoms with Crippen LogP contribution in [0.4, 0.5) is 0 Å². The van der Waals surface area contributed by atoms with Crippen molar-refractivity contribution in [1.82, 2.24) is 20.2 Å². The average molecular weight is 360 g/mol. The van der Waals surface area contributed by atoms with Gasteiger partial charge in [-0.05, 0) is 24.5 Å². The van der Waals surface area contributed by atoms with Gasteiger partial charge in [0.2, 0.25) is 5.91 Å². The van der Waals surface area contributed by atoms with Crippen molar-refractivity contribution in [2.75, 3.05) is 26.3 Å². The molecule has 3 heterocycles. The first-order chi connectivity index (χ1) is 12.3. The quantitative estimate of drug-likeness (QED) is 0.820. The monoisotopic (exact) mass is 360 g/mol. The molecule has 2 aromatic rings. The van der Waals surface area contributed by atoms with Crippen LogP contribution >= 0.6 is 11.3 Å². The second-order valence-electron chi connectivity index (χ2n) is 6.04. The Balaban J connectivity index is 1.67. The molecule has 1 aliphatic heterocycles. The molecule has 7 heteroatoms. The topological polar surface area (TPSA) is 67.4 Å². The average Bonchev–Trinajstić information content (AvgIpc) is 3.10. The molecule has 1 amide bonds. The fourth-order valence-corrected chi connectivity index (χ4v) is 3.83. The number of aromatic nitrogens is 2. The summed E-state index contributed by atoms with van der Waals surface area (Å²) < 4.78 is 5.42. The van der Waals surface area contributed by atoms with Gasteiger partial charge in [-0.25, -0.2) is 4.98 Å². The summed E-state index contributed by atoms with van der Waals surface area (Å²) in [5.41, 5.74) is 1.83. The van der Waals surface area contributed by atoms with Gasteiger partial charge in [0.05, 0.1) is 30.5 Å². The second kappa shape index (κ2) is 9.03. The summed E-state index contributed by atoms with van der Waals surface area (Å²) in [5.74, 6) is -0.0139. The zero-order chi connectivity index (χ0) is 17.5. The van der Waals surface area contributed by atoms with E-state index in [1.54, 1.807) is 23.7 Å². The highest BCUT2D eigenvalue weighted by atomic mass is 32.1. The summed E-state index contributed by atoms with van der Waals surface area (Å²) in [7, 11) is 0.